The lowest BCUT2D eigenvalue weighted by atomic mass is 10.00. The average molecular weight is 378 g/mol. The van der Waals surface area contributed by atoms with Gasteiger partial charge in [-0.05, 0) is 63.1 Å². The molecule has 1 aromatic carbocycles. The number of rotatable bonds is 4. The molecule has 1 heterocycles. The van der Waals surface area contributed by atoms with Gasteiger partial charge in [-0.2, -0.15) is 0 Å². The van der Waals surface area contributed by atoms with Crippen molar-refractivity contribution in [2.24, 2.45) is 11.7 Å². The molecule has 1 aliphatic carbocycles. The molecule has 1 saturated carbocycles. The number of nitrogens with two attached hydrogens (primary N) is 1. The Hall–Kier alpha value is -1.59. The van der Waals surface area contributed by atoms with E-state index >= 15 is 0 Å². The van der Waals surface area contributed by atoms with Crippen molar-refractivity contribution in [1.29, 1.82) is 0 Å². The summed E-state index contributed by atoms with van der Waals surface area (Å²) in [6.07, 6.45) is 6.76. The van der Waals surface area contributed by atoms with Crippen LogP contribution >= 0.6 is 11.6 Å². The fourth-order valence-electron chi connectivity index (χ4n) is 4.09. The van der Waals surface area contributed by atoms with Gasteiger partial charge in [-0.1, -0.05) is 18.0 Å². The first kappa shape index (κ1) is 19.2. The molecule has 1 aliphatic heterocycles. The number of likely N-dealkylation sites (tertiary alicyclic amines) is 1. The van der Waals surface area contributed by atoms with Gasteiger partial charge in [0.05, 0.1) is 10.6 Å². The molecule has 2 fully saturated rings. The van der Waals surface area contributed by atoms with Crippen LogP contribution in [0.15, 0.2) is 18.2 Å². The van der Waals surface area contributed by atoms with E-state index in [1.807, 2.05) is 4.90 Å². The van der Waals surface area contributed by atoms with Crippen LogP contribution < -0.4 is 11.1 Å². The van der Waals surface area contributed by atoms with E-state index in [1.165, 1.54) is 0 Å². The molecule has 2 aliphatic rings. The van der Waals surface area contributed by atoms with Gasteiger partial charge in [0.2, 0.25) is 5.91 Å². The smallest absolute Gasteiger partial charge is 0.255 e. The summed E-state index contributed by atoms with van der Waals surface area (Å²) in [6.45, 7) is 2.85. The monoisotopic (exact) mass is 377 g/mol. The van der Waals surface area contributed by atoms with Gasteiger partial charge in [0.1, 0.15) is 0 Å². The van der Waals surface area contributed by atoms with Crippen molar-refractivity contribution in [3.05, 3.63) is 28.8 Å². The van der Waals surface area contributed by atoms with Gasteiger partial charge < -0.3 is 16.0 Å². The highest BCUT2D eigenvalue weighted by Gasteiger charge is 2.27. The van der Waals surface area contributed by atoms with Gasteiger partial charge in [0.25, 0.3) is 5.91 Å². The predicted octanol–water partition coefficient (Wildman–Crippen LogP) is 3.81. The van der Waals surface area contributed by atoms with Crippen molar-refractivity contribution >= 4 is 29.1 Å². The molecule has 2 amide bonds. The highest BCUT2D eigenvalue weighted by molar-refractivity contribution is 6.34. The molecule has 3 N–H and O–H groups in total. The topological polar surface area (TPSA) is 75.4 Å². The van der Waals surface area contributed by atoms with Crippen LogP contribution in [0.2, 0.25) is 5.02 Å². The molecular weight excluding hydrogens is 350 g/mol. The Morgan fingerprint density at radius 1 is 1.23 bits per heavy atom. The minimum atomic E-state index is -0.0489. The van der Waals surface area contributed by atoms with Gasteiger partial charge in [-0.3, -0.25) is 9.59 Å². The Labute approximate surface area is 160 Å². The van der Waals surface area contributed by atoms with Crippen molar-refractivity contribution in [2.45, 2.75) is 64.0 Å². The Kier molecular flexibility index (Phi) is 6.20. The Morgan fingerprint density at radius 2 is 2.04 bits per heavy atom. The highest BCUT2D eigenvalue weighted by atomic mass is 35.5. The number of amides is 2. The molecule has 0 aromatic heterocycles. The molecule has 0 spiro atoms. The van der Waals surface area contributed by atoms with Crippen molar-refractivity contribution < 1.29 is 9.59 Å². The average Bonchev–Trinajstić information content (AvgIpc) is 2.99. The second-order valence-electron chi connectivity index (χ2n) is 7.65. The lowest BCUT2D eigenvalue weighted by molar-refractivity contribution is -0.117. The SMILES string of the molecule is CC1CCCCN1C(=O)c1ccc(NC(=O)C[C@@H]2CCC[C@H]2N)cc1Cl. The third-order valence-corrected chi connectivity index (χ3v) is 6.03. The number of piperidine rings is 1. The van der Waals surface area contributed by atoms with Crippen LogP contribution in [-0.2, 0) is 4.79 Å². The summed E-state index contributed by atoms with van der Waals surface area (Å²) < 4.78 is 0. The van der Waals surface area contributed by atoms with Crippen LogP contribution in [0.3, 0.4) is 0 Å². The van der Waals surface area contributed by atoms with E-state index in [0.717, 1.165) is 45.1 Å². The molecule has 5 nitrogen and oxygen atoms in total. The number of nitrogens with one attached hydrogen (secondary N) is 1. The van der Waals surface area contributed by atoms with E-state index in [2.05, 4.69) is 12.2 Å². The van der Waals surface area contributed by atoms with Gasteiger partial charge in [0, 0.05) is 30.7 Å². The molecule has 3 atom stereocenters. The summed E-state index contributed by atoms with van der Waals surface area (Å²) in [4.78, 5) is 26.9. The quantitative estimate of drug-likeness (QED) is 0.837. The maximum Gasteiger partial charge on any atom is 0.255 e. The van der Waals surface area contributed by atoms with Crippen LogP contribution in [0, 0.1) is 5.92 Å². The zero-order chi connectivity index (χ0) is 18.7. The molecule has 142 valence electrons. The minimum absolute atomic E-state index is 0.0306. The largest absolute Gasteiger partial charge is 0.336 e. The second kappa shape index (κ2) is 8.40. The standard InChI is InChI=1S/C20H28ClN3O2/c1-13-5-2-3-10-24(13)20(26)16-9-8-15(12-17(16)21)23-19(25)11-14-6-4-7-18(14)22/h8-9,12-14,18H,2-7,10-11,22H2,1H3,(H,23,25)/t13?,14-,18+/m0/s1. The Balaban J connectivity index is 1.63. The van der Waals surface area contributed by atoms with Crippen molar-refractivity contribution in [1.82, 2.24) is 4.90 Å². The van der Waals surface area contributed by atoms with Crippen LogP contribution in [0.4, 0.5) is 5.69 Å². The van der Waals surface area contributed by atoms with Crippen molar-refractivity contribution in [2.75, 3.05) is 11.9 Å². The van der Waals surface area contributed by atoms with E-state index in [1.54, 1.807) is 18.2 Å². The Bertz CT molecular complexity index is 679. The van der Waals surface area contributed by atoms with Crippen LogP contribution in [-0.4, -0.2) is 35.3 Å². The first-order valence-electron chi connectivity index (χ1n) is 9.61. The Morgan fingerprint density at radius 3 is 2.69 bits per heavy atom. The van der Waals surface area contributed by atoms with Crippen molar-refractivity contribution in [3.8, 4) is 0 Å². The van der Waals surface area contributed by atoms with Gasteiger partial charge in [0.15, 0.2) is 0 Å². The number of nitrogens with zero attached hydrogens (tertiary/aromatic N) is 1. The minimum Gasteiger partial charge on any atom is -0.336 e. The molecule has 0 bridgehead atoms. The lowest BCUT2D eigenvalue weighted by Gasteiger charge is -2.33. The second-order valence-corrected chi connectivity index (χ2v) is 8.05. The molecular formula is C20H28ClN3O2. The number of carbonyl (C=O) groups is 2. The number of hydrogen-bond donors (Lipinski definition) is 2. The molecule has 1 aromatic rings. The zero-order valence-corrected chi connectivity index (χ0v) is 16.1. The van der Waals surface area contributed by atoms with Crippen LogP contribution in [0.25, 0.3) is 0 Å². The summed E-state index contributed by atoms with van der Waals surface area (Å²) in [6, 6.07) is 5.48. The fourth-order valence-corrected chi connectivity index (χ4v) is 4.35. The van der Waals surface area contributed by atoms with E-state index in [-0.39, 0.29) is 29.8 Å². The molecule has 26 heavy (non-hydrogen) atoms. The number of halogens is 1. The summed E-state index contributed by atoms with van der Waals surface area (Å²) in [5, 5.41) is 3.26. The third-order valence-electron chi connectivity index (χ3n) is 5.71. The molecule has 1 unspecified atom stereocenters. The maximum atomic E-state index is 12.8. The van der Waals surface area contributed by atoms with Crippen LogP contribution in [0.5, 0.6) is 0 Å². The van der Waals surface area contributed by atoms with E-state index in [0.29, 0.717) is 22.7 Å². The van der Waals surface area contributed by atoms with Gasteiger partial charge in [-0.25, -0.2) is 0 Å². The number of hydrogen-bond acceptors (Lipinski definition) is 3. The highest BCUT2D eigenvalue weighted by Crippen LogP contribution is 2.28. The predicted molar refractivity (Wildman–Crippen MR) is 104 cm³/mol. The summed E-state index contributed by atoms with van der Waals surface area (Å²) in [5.41, 5.74) is 7.15. The summed E-state index contributed by atoms with van der Waals surface area (Å²) >= 11 is 6.35. The molecule has 6 heteroatoms. The first-order chi connectivity index (χ1) is 12.5. The lowest BCUT2D eigenvalue weighted by Crippen LogP contribution is -2.42. The fraction of sp³-hybridized carbons (Fsp3) is 0.600. The third kappa shape index (κ3) is 4.38. The first-order valence-corrected chi connectivity index (χ1v) is 9.99. The normalized spacial score (nSPS) is 26.0. The van der Waals surface area contributed by atoms with E-state index in [9.17, 15) is 9.59 Å². The van der Waals surface area contributed by atoms with Crippen molar-refractivity contribution in [3.63, 3.8) is 0 Å². The molecule has 3 rings (SSSR count). The zero-order valence-electron chi connectivity index (χ0n) is 15.3. The number of benzene rings is 1. The van der Waals surface area contributed by atoms with E-state index in [4.69, 9.17) is 17.3 Å². The maximum absolute atomic E-state index is 12.8. The molecule has 1 saturated heterocycles. The van der Waals surface area contributed by atoms with Gasteiger partial charge in [-0.15, -0.1) is 0 Å². The van der Waals surface area contributed by atoms with E-state index < -0.39 is 0 Å². The number of anilines is 1. The summed E-state index contributed by atoms with van der Waals surface area (Å²) in [7, 11) is 0. The number of carbonyl (C=O) groups excluding carboxylic acids is 2. The summed E-state index contributed by atoms with van der Waals surface area (Å²) in [5.74, 6) is 0.177. The van der Waals surface area contributed by atoms with Crippen LogP contribution in [0.1, 0.15) is 62.2 Å². The molecule has 0 radical (unpaired) electrons. The van der Waals surface area contributed by atoms with Gasteiger partial charge >= 0.3 is 0 Å².